The molecule has 24 heavy (non-hydrogen) atoms. The van der Waals surface area contributed by atoms with Gasteiger partial charge in [-0.05, 0) is 19.3 Å². The highest BCUT2D eigenvalue weighted by Crippen LogP contribution is 2.23. The molecule has 2 aliphatic heterocycles. The standard InChI is InChI=1S/C17H27N5O2/c1-2-5-18-16(23)14-3-6-21(7-4-14)15-12-19-17(20-13-15)22-8-10-24-11-9-22/h12-14H,2-11H2,1H3,(H,18,23). The third-order valence-corrected chi connectivity index (χ3v) is 4.70. The molecule has 2 aliphatic rings. The molecule has 2 fully saturated rings. The Hall–Kier alpha value is -1.89. The molecule has 3 heterocycles. The lowest BCUT2D eigenvalue weighted by Crippen LogP contribution is -2.41. The Morgan fingerprint density at radius 2 is 1.83 bits per heavy atom. The summed E-state index contributed by atoms with van der Waals surface area (Å²) in [6.45, 7) is 7.76. The number of nitrogens with one attached hydrogen (secondary N) is 1. The fourth-order valence-electron chi connectivity index (χ4n) is 3.20. The van der Waals surface area contributed by atoms with Gasteiger partial charge in [0.05, 0.1) is 31.3 Å². The van der Waals surface area contributed by atoms with Gasteiger partial charge in [-0.1, -0.05) is 6.92 Å². The first-order valence-corrected chi connectivity index (χ1v) is 8.95. The Balaban J connectivity index is 1.52. The highest BCUT2D eigenvalue weighted by molar-refractivity contribution is 5.78. The van der Waals surface area contributed by atoms with Gasteiger partial charge in [-0.2, -0.15) is 0 Å². The van der Waals surface area contributed by atoms with Crippen LogP contribution in [0.25, 0.3) is 0 Å². The lowest BCUT2D eigenvalue weighted by atomic mass is 9.95. The first-order valence-electron chi connectivity index (χ1n) is 8.95. The van der Waals surface area contributed by atoms with E-state index in [2.05, 4.69) is 32.0 Å². The molecule has 1 amide bonds. The summed E-state index contributed by atoms with van der Waals surface area (Å²) in [6.07, 6.45) is 6.56. The topological polar surface area (TPSA) is 70.6 Å². The molecule has 7 nitrogen and oxygen atoms in total. The summed E-state index contributed by atoms with van der Waals surface area (Å²) in [5, 5.41) is 3.00. The number of rotatable bonds is 5. The summed E-state index contributed by atoms with van der Waals surface area (Å²) < 4.78 is 5.36. The minimum absolute atomic E-state index is 0.140. The number of aromatic nitrogens is 2. The van der Waals surface area contributed by atoms with E-state index in [9.17, 15) is 4.79 Å². The van der Waals surface area contributed by atoms with Crippen molar-refractivity contribution in [3.63, 3.8) is 0 Å². The molecular formula is C17H27N5O2. The highest BCUT2D eigenvalue weighted by atomic mass is 16.5. The molecule has 1 aromatic heterocycles. The third kappa shape index (κ3) is 4.14. The van der Waals surface area contributed by atoms with Crippen LogP contribution in [0.1, 0.15) is 26.2 Å². The Kier molecular flexibility index (Phi) is 5.85. The molecule has 0 saturated carbocycles. The van der Waals surface area contributed by atoms with Crippen molar-refractivity contribution in [3.05, 3.63) is 12.4 Å². The molecule has 0 aromatic carbocycles. The maximum Gasteiger partial charge on any atom is 0.225 e. The van der Waals surface area contributed by atoms with Crippen LogP contribution in [0.3, 0.4) is 0 Å². The van der Waals surface area contributed by atoms with Crippen LogP contribution < -0.4 is 15.1 Å². The molecule has 0 spiro atoms. The third-order valence-electron chi connectivity index (χ3n) is 4.70. The zero-order valence-corrected chi connectivity index (χ0v) is 14.4. The molecule has 7 heteroatoms. The van der Waals surface area contributed by atoms with Crippen molar-refractivity contribution in [2.75, 3.05) is 55.7 Å². The number of piperidine rings is 1. The number of morpholine rings is 1. The summed E-state index contributed by atoms with van der Waals surface area (Å²) in [7, 11) is 0. The fourth-order valence-corrected chi connectivity index (χ4v) is 3.20. The van der Waals surface area contributed by atoms with Crippen LogP contribution in [-0.4, -0.2) is 61.8 Å². The largest absolute Gasteiger partial charge is 0.378 e. The highest BCUT2D eigenvalue weighted by Gasteiger charge is 2.25. The van der Waals surface area contributed by atoms with E-state index < -0.39 is 0 Å². The van der Waals surface area contributed by atoms with E-state index in [1.807, 2.05) is 12.4 Å². The Labute approximate surface area is 143 Å². The van der Waals surface area contributed by atoms with Gasteiger partial charge in [-0.25, -0.2) is 9.97 Å². The average Bonchev–Trinajstić information content (AvgIpc) is 2.67. The normalized spacial score (nSPS) is 19.4. The van der Waals surface area contributed by atoms with Gasteiger partial charge in [-0.15, -0.1) is 0 Å². The molecule has 0 radical (unpaired) electrons. The van der Waals surface area contributed by atoms with Crippen LogP contribution in [0.5, 0.6) is 0 Å². The maximum absolute atomic E-state index is 12.0. The van der Waals surface area contributed by atoms with Crippen LogP contribution in [-0.2, 0) is 9.53 Å². The van der Waals surface area contributed by atoms with E-state index >= 15 is 0 Å². The van der Waals surface area contributed by atoms with E-state index in [1.54, 1.807) is 0 Å². The van der Waals surface area contributed by atoms with E-state index in [0.29, 0.717) is 0 Å². The number of nitrogens with zero attached hydrogens (tertiary/aromatic N) is 4. The van der Waals surface area contributed by atoms with Gasteiger partial charge >= 0.3 is 0 Å². The molecule has 0 bridgehead atoms. The molecule has 132 valence electrons. The SMILES string of the molecule is CCCNC(=O)C1CCN(c2cnc(N3CCOCC3)nc2)CC1. The smallest absolute Gasteiger partial charge is 0.225 e. The Morgan fingerprint density at radius 3 is 2.46 bits per heavy atom. The number of hydrogen-bond acceptors (Lipinski definition) is 6. The van der Waals surface area contributed by atoms with Gasteiger partial charge in [0.15, 0.2) is 0 Å². The monoisotopic (exact) mass is 333 g/mol. The molecule has 0 atom stereocenters. The predicted octanol–water partition coefficient (Wildman–Crippen LogP) is 1.06. The summed E-state index contributed by atoms with van der Waals surface area (Å²) in [5.74, 6) is 1.12. The average molecular weight is 333 g/mol. The van der Waals surface area contributed by atoms with Crippen molar-refractivity contribution >= 4 is 17.5 Å². The molecule has 1 N–H and O–H groups in total. The quantitative estimate of drug-likeness (QED) is 0.869. The van der Waals surface area contributed by atoms with Crippen LogP contribution in [0.4, 0.5) is 11.6 Å². The molecule has 0 aliphatic carbocycles. The summed E-state index contributed by atoms with van der Waals surface area (Å²) in [5.41, 5.74) is 1.04. The second kappa shape index (κ2) is 8.28. The van der Waals surface area contributed by atoms with Crippen molar-refractivity contribution in [1.29, 1.82) is 0 Å². The summed E-state index contributed by atoms with van der Waals surface area (Å²) in [4.78, 5) is 25.5. The van der Waals surface area contributed by atoms with Gasteiger partial charge in [0, 0.05) is 38.6 Å². The van der Waals surface area contributed by atoms with Crippen molar-refractivity contribution in [2.45, 2.75) is 26.2 Å². The zero-order valence-electron chi connectivity index (χ0n) is 14.4. The Morgan fingerprint density at radius 1 is 1.17 bits per heavy atom. The maximum atomic E-state index is 12.0. The second-order valence-electron chi connectivity index (χ2n) is 6.39. The van der Waals surface area contributed by atoms with Crippen molar-refractivity contribution in [1.82, 2.24) is 15.3 Å². The summed E-state index contributed by atoms with van der Waals surface area (Å²) >= 11 is 0. The van der Waals surface area contributed by atoms with Crippen molar-refractivity contribution in [2.24, 2.45) is 5.92 Å². The van der Waals surface area contributed by atoms with Gasteiger partial charge in [0.1, 0.15) is 0 Å². The number of amides is 1. The molecule has 2 saturated heterocycles. The van der Waals surface area contributed by atoms with E-state index in [0.717, 1.165) is 76.8 Å². The molecular weight excluding hydrogens is 306 g/mol. The minimum atomic E-state index is 0.140. The first kappa shape index (κ1) is 17.0. The van der Waals surface area contributed by atoms with Crippen molar-refractivity contribution < 1.29 is 9.53 Å². The lowest BCUT2D eigenvalue weighted by molar-refractivity contribution is -0.125. The number of carbonyl (C=O) groups excluding carboxylic acids is 1. The molecule has 1 aromatic rings. The minimum Gasteiger partial charge on any atom is -0.378 e. The zero-order chi connectivity index (χ0) is 16.8. The van der Waals surface area contributed by atoms with Gasteiger partial charge in [0.2, 0.25) is 11.9 Å². The number of carbonyl (C=O) groups is 1. The second-order valence-corrected chi connectivity index (χ2v) is 6.39. The van der Waals surface area contributed by atoms with Gasteiger partial charge in [-0.3, -0.25) is 4.79 Å². The Bertz CT molecular complexity index is 522. The van der Waals surface area contributed by atoms with Crippen LogP contribution >= 0.6 is 0 Å². The van der Waals surface area contributed by atoms with E-state index in [1.165, 1.54) is 0 Å². The predicted molar refractivity (Wildman–Crippen MR) is 93.3 cm³/mol. The van der Waals surface area contributed by atoms with Crippen molar-refractivity contribution in [3.8, 4) is 0 Å². The number of ether oxygens (including phenoxy) is 1. The van der Waals surface area contributed by atoms with Crippen LogP contribution in [0.2, 0.25) is 0 Å². The fraction of sp³-hybridized carbons (Fsp3) is 0.706. The summed E-state index contributed by atoms with van der Waals surface area (Å²) in [6, 6.07) is 0. The first-order chi connectivity index (χ1) is 11.8. The van der Waals surface area contributed by atoms with Crippen LogP contribution in [0, 0.1) is 5.92 Å². The van der Waals surface area contributed by atoms with Crippen LogP contribution in [0.15, 0.2) is 12.4 Å². The lowest BCUT2D eigenvalue weighted by Gasteiger charge is -2.33. The number of hydrogen-bond donors (Lipinski definition) is 1. The van der Waals surface area contributed by atoms with Gasteiger partial charge < -0.3 is 19.9 Å². The van der Waals surface area contributed by atoms with E-state index in [4.69, 9.17) is 4.74 Å². The van der Waals surface area contributed by atoms with Gasteiger partial charge in [0.25, 0.3) is 0 Å². The molecule has 3 rings (SSSR count). The van der Waals surface area contributed by atoms with E-state index in [-0.39, 0.29) is 11.8 Å². The molecule has 0 unspecified atom stereocenters. The number of anilines is 2.